The van der Waals surface area contributed by atoms with E-state index in [0.717, 1.165) is 29.6 Å². The minimum atomic E-state index is 0.333. The van der Waals surface area contributed by atoms with Crippen molar-refractivity contribution >= 4 is 0 Å². The number of hydrogen-bond acceptors (Lipinski definition) is 1. The summed E-state index contributed by atoms with van der Waals surface area (Å²) in [4.78, 5) is 0. The Balaban J connectivity index is 1.53. The average molecular weight is 307 g/mol. The largest absolute Gasteiger partial charge is 0.198 e. The van der Waals surface area contributed by atoms with Crippen LogP contribution in [0.5, 0.6) is 0 Å². The van der Waals surface area contributed by atoms with Crippen LogP contribution in [0.25, 0.3) is 0 Å². The van der Waals surface area contributed by atoms with Crippen LogP contribution in [-0.4, -0.2) is 0 Å². The maximum Gasteiger partial charge on any atom is 0.0664 e. The summed E-state index contributed by atoms with van der Waals surface area (Å²) in [6, 6.07) is 2.74. The molecule has 5 aliphatic carbocycles. The smallest absolute Gasteiger partial charge is 0.0664 e. The predicted molar refractivity (Wildman–Crippen MR) is 92.3 cm³/mol. The lowest BCUT2D eigenvalue weighted by Gasteiger charge is -2.58. The summed E-state index contributed by atoms with van der Waals surface area (Å²) < 4.78 is 0. The summed E-state index contributed by atoms with van der Waals surface area (Å²) in [6.07, 6.45) is 11.6. The minimum absolute atomic E-state index is 0.333. The van der Waals surface area contributed by atoms with E-state index in [1.807, 2.05) is 0 Å². The fraction of sp³-hybridized carbons (Fsp3) is 0.773. The van der Waals surface area contributed by atoms with Crippen LogP contribution in [0.1, 0.15) is 58.8 Å². The van der Waals surface area contributed by atoms with Crippen LogP contribution in [0, 0.1) is 57.7 Å². The number of rotatable bonds is 0. The van der Waals surface area contributed by atoms with Gasteiger partial charge in [-0.05, 0) is 85.4 Å². The minimum Gasteiger partial charge on any atom is -0.198 e. The Hall–Kier alpha value is -1.03. The van der Waals surface area contributed by atoms with E-state index >= 15 is 0 Å². The molecule has 122 valence electrons. The summed E-state index contributed by atoms with van der Waals surface area (Å²) in [5.74, 6) is 4.60. The molecule has 7 unspecified atom stereocenters. The van der Waals surface area contributed by atoms with Crippen molar-refractivity contribution in [3.8, 4) is 6.07 Å². The van der Waals surface area contributed by atoms with Crippen LogP contribution < -0.4 is 0 Å². The van der Waals surface area contributed by atoms with Crippen molar-refractivity contribution in [3.63, 3.8) is 0 Å². The first kappa shape index (κ1) is 14.3. The Morgan fingerprint density at radius 1 is 1.13 bits per heavy atom. The molecule has 0 aromatic heterocycles. The van der Waals surface area contributed by atoms with Crippen LogP contribution in [0.2, 0.25) is 0 Å². The normalized spacial score (nSPS) is 56.6. The lowest BCUT2D eigenvalue weighted by molar-refractivity contribution is -0.0570. The van der Waals surface area contributed by atoms with E-state index in [-0.39, 0.29) is 0 Å². The molecule has 0 aliphatic heterocycles. The maximum atomic E-state index is 9.76. The second-order valence-corrected chi connectivity index (χ2v) is 9.79. The molecule has 5 aliphatic rings. The highest BCUT2D eigenvalue weighted by Crippen LogP contribution is 2.75. The van der Waals surface area contributed by atoms with Gasteiger partial charge in [-0.1, -0.05) is 37.6 Å². The fourth-order valence-corrected chi connectivity index (χ4v) is 7.86. The van der Waals surface area contributed by atoms with Gasteiger partial charge in [-0.2, -0.15) is 5.26 Å². The number of nitrogens with zero attached hydrogens (tertiary/aromatic N) is 1. The number of allylic oxidation sites excluding steroid dienone is 3. The quantitative estimate of drug-likeness (QED) is 0.579. The van der Waals surface area contributed by atoms with Crippen LogP contribution in [-0.2, 0) is 0 Å². The van der Waals surface area contributed by atoms with E-state index in [4.69, 9.17) is 0 Å². The van der Waals surface area contributed by atoms with E-state index < -0.39 is 0 Å². The lowest BCUT2D eigenvalue weighted by Crippen LogP contribution is -2.51. The Morgan fingerprint density at radius 3 is 2.74 bits per heavy atom. The highest BCUT2D eigenvalue weighted by molar-refractivity contribution is 5.34. The van der Waals surface area contributed by atoms with Gasteiger partial charge in [0.25, 0.3) is 0 Å². The molecule has 0 radical (unpaired) electrons. The summed E-state index contributed by atoms with van der Waals surface area (Å²) in [7, 11) is 0. The first-order valence-corrected chi connectivity index (χ1v) is 9.77. The zero-order valence-electron chi connectivity index (χ0n) is 14.6. The zero-order chi connectivity index (χ0) is 16.0. The number of nitriles is 1. The summed E-state index contributed by atoms with van der Waals surface area (Å²) >= 11 is 0. The topological polar surface area (TPSA) is 23.8 Å². The van der Waals surface area contributed by atoms with Gasteiger partial charge in [0.15, 0.2) is 0 Å². The molecular formula is C22H29N. The van der Waals surface area contributed by atoms with Crippen LogP contribution in [0.4, 0.5) is 0 Å². The molecule has 5 rings (SSSR count). The standard InChI is InChI=1S/C22H29N/c1-13-6-8-21(2)14(10-13)4-5-15-18(21)7-9-22(3)19(12-23)16-11-17(16)20(15)22/h10,15-20H,1,4-9,11H2,2-3H3/t15?,16?,17?,18?,19?,20-,21?,22?/m1/s1. The highest BCUT2D eigenvalue weighted by atomic mass is 14.7. The van der Waals surface area contributed by atoms with Gasteiger partial charge in [-0.3, -0.25) is 0 Å². The Kier molecular flexibility index (Phi) is 2.69. The summed E-state index contributed by atoms with van der Waals surface area (Å²) in [5, 5.41) is 9.76. The van der Waals surface area contributed by atoms with E-state index in [2.05, 4.69) is 32.6 Å². The van der Waals surface area contributed by atoms with Crippen LogP contribution >= 0.6 is 0 Å². The van der Waals surface area contributed by atoms with Crippen molar-refractivity contribution < 1.29 is 0 Å². The molecule has 8 atom stereocenters. The van der Waals surface area contributed by atoms with Gasteiger partial charge < -0.3 is 0 Å². The first-order valence-electron chi connectivity index (χ1n) is 9.77. The molecule has 4 fully saturated rings. The molecule has 0 amide bonds. The SMILES string of the molecule is C=C1C=C2CCC3C(CCC4(C)C(C#N)C5CC5[C@@H]34)C2(C)CC1. The zero-order valence-corrected chi connectivity index (χ0v) is 14.6. The van der Waals surface area contributed by atoms with Crippen molar-refractivity contribution in [2.45, 2.75) is 58.8 Å². The van der Waals surface area contributed by atoms with E-state index in [9.17, 15) is 5.26 Å². The van der Waals surface area contributed by atoms with Gasteiger partial charge in [0.05, 0.1) is 12.0 Å². The van der Waals surface area contributed by atoms with Gasteiger partial charge in [0, 0.05) is 0 Å². The lowest BCUT2D eigenvalue weighted by atomic mass is 9.46. The molecule has 0 heterocycles. The maximum absolute atomic E-state index is 9.76. The molecule has 0 saturated heterocycles. The van der Waals surface area contributed by atoms with Crippen molar-refractivity contribution in [2.75, 3.05) is 0 Å². The summed E-state index contributed by atoms with van der Waals surface area (Å²) in [6.45, 7) is 9.27. The Morgan fingerprint density at radius 2 is 1.96 bits per heavy atom. The van der Waals surface area contributed by atoms with Gasteiger partial charge in [0.2, 0.25) is 0 Å². The highest BCUT2D eigenvalue weighted by Gasteiger charge is 2.70. The van der Waals surface area contributed by atoms with E-state index in [1.165, 1.54) is 50.5 Å². The van der Waals surface area contributed by atoms with Crippen molar-refractivity contribution in [1.29, 1.82) is 5.26 Å². The number of hydrogen-bond donors (Lipinski definition) is 0. The van der Waals surface area contributed by atoms with E-state index in [1.54, 1.807) is 5.57 Å². The Labute approximate surface area is 140 Å². The summed E-state index contributed by atoms with van der Waals surface area (Å²) in [5.41, 5.74) is 3.82. The van der Waals surface area contributed by atoms with Crippen molar-refractivity contribution in [1.82, 2.24) is 0 Å². The molecule has 4 saturated carbocycles. The molecule has 1 heteroatoms. The van der Waals surface area contributed by atoms with Gasteiger partial charge in [-0.15, -0.1) is 0 Å². The molecular weight excluding hydrogens is 278 g/mol. The third-order valence-electron chi connectivity index (χ3n) is 9.01. The number of fused-ring (bicyclic) bond motifs is 7. The molecule has 0 bridgehead atoms. The van der Waals surface area contributed by atoms with Gasteiger partial charge >= 0.3 is 0 Å². The van der Waals surface area contributed by atoms with Gasteiger partial charge in [0.1, 0.15) is 0 Å². The molecule has 0 aromatic carbocycles. The molecule has 0 N–H and O–H groups in total. The second kappa shape index (κ2) is 4.33. The fourth-order valence-electron chi connectivity index (χ4n) is 7.86. The Bertz CT molecular complexity index is 651. The molecule has 1 nitrogen and oxygen atoms in total. The van der Waals surface area contributed by atoms with Crippen LogP contribution in [0.15, 0.2) is 23.8 Å². The monoisotopic (exact) mass is 307 g/mol. The first-order chi connectivity index (χ1) is 11.0. The third-order valence-corrected chi connectivity index (χ3v) is 9.01. The molecule has 0 aromatic rings. The van der Waals surface area contributed by atoms with Crippen molar-refractivity contribution in [2.24, 2.45) is 46.3 Å². The third kappa shape index (κ3) is 1.63. The van der Waals surface area contributed by atoms with Crippen molar-refractivity contribution in [3.05, 3.63) is 23.8 Å². The second-order valence-electron chi connectivity index (χ2n) is 9.79. The predicted octanol–water partition coefficient (Wildman–Crippen LogP) is 5.50. The molecule has 0 spiro atoms. The van der Waals surface area contributed by atoms with Gasteiger partial charge in [-0.25, -0.2) is 0 Å². The van der Waals surface area contributed by atoms with Crippen LogP contribution in [0.3, 0.4) is 0 Å². The average Bonchev–Trinajstić information content (AvgIpc) is 3.23. The van der Waals surface area contributed by atoms with E-state index in [0.29, 0.717) is 16.7 Å². The molecule has 23 heavy (non-hydrogen) atoms.